The Bertz CT molecular complexity index is 518. The quantitative estimate of drug-likeness (QED) is 0.744. The molecule has 2 rings (SSSR count). The molecular weight excluding hydrogens is 268 g/mol. The van der Waals surface area contributed by atoms with Crippen molar-refractivity contribution in [3.8, 4) is 0 Å². The van der Waals surface area contributed by atoms with Crippen LogP contribution in [0.1, 0.15) is 26.2 Å². The summed E-state index contributed by atoms with van der Waals surface area (Å²) in [5.74, 6) is -0.0982. The maximum absolute atomic E-state index is 11.9. The second kappa shape index (κ2) is 7.08. The Morgan fingerprint density at radius 1 is 1.52 bits per heavy atom. The zero-order valence-corrected chi connectivity index (χ0v) is 12.3. The summed E-state index contributed by atoms with van der Waals surface area (Å²) in [6.45, 7) is 3.32. The summed E-state index contributed by atoms with van der Waals surface area (Å²) in [5, 5.41) is 5.58. The van der Waals surface area contributed by atoms with Gasteiger partial charge in [0.15, 0.2) is 0 Å². The van der Waals surface area contributed by atoms with E-state index in [1.807, 2.05) is 19.1 Å². The van der Waals surface area contributed by atoms with Crippen LogP contribution in [0, 0.1) is 0 Å². The fourth-order valence-corrected chi connectivity index (χ4v) is 2.39. The van der Waals surface area contributed by atoms with E-state index < -0.39 is 0 Å². The van der Waals surface area contributed by atoms with Crippen LogP contribution in [0.2, 0.25) is 0 Å². The largest absolute Gasteiger partial charge is 0.336 e. The highest BCUT2D eigenvalue weighted by Crippen LogP contribution is 2.21. The van der Waals surface area contributed by atoms with Crippen molar-refractivity contribution in [3.63, 3.8) is 0 Å². The molecule has 21 heavy (non-hydrogen) atoms. The van der Waals surface area contributed by atoms with Crippen LogP contribution < -0.4 is 21.3 Å². The van der Waals surface area contributed by atoms with Crippen molar-refractivity contribution in [2.45, 2.75) is 32.2 Å². The predicted octanol–water partition coefficient (Wildman–Crippen LogP) is 1.67. The fourth-order valence-electron chi connectivity index (χ4n) is 2.39. The maximum Gasteiger partial charge on any atom is 0.321 e. The van der Waals surface area contributed by atoms with E-state index >= 15 is 0 Å². The molecule has 1 fully saturated rings. The van der Waals surface area contributed by atoms with Crippen LogP contribution in [0.5, 0.6) is 0 Å². The first-order valence-corrected chi connectivity index (χ1v) is 7.31. The molecule has 3 amide bonds. The molecule has 0 saturated carbocycles. The van der Waals surface area contributed by atoms with Gasteiger partial charge in [-0.1, -0.05) is 19.4 Å². The standard InChI is InChI=1S/C15H22N4O2/c1-2-4-11(16)9-14(20)18-12-5-3-6-13(10-12)19-8-7-17-15(19)21/h3,5-6,10-11H,2,4,7-9,16H2,1H3,(H,17,21)(H,18,20). The minimum atomic E-state index is -0.109. The van der Waals surface area contributed by atoms with Crippen molar-refractivity contribution in [1.82, 2.24) is 5.32 Å². The van der Waals surface area contributed by atoms with Gasteiger partial charge in [0, 0.05) is 36.9 Å². The number of hydrogen-bond donors (Lipinski definition) is 3. The lowest BCUT2D eigenvalue weighted by Gasteiger charge is -2.16. The Morgan fingerprint density at radius 3 is 3.00 bits per heavy atom. The number of amides is 3. The van der Waals surface area contributed by atoms with E-state index in [0.29, 0.717) is 25.2 Å². The molecular formula is C15H22N4O2. The van der Waals surface area contributed by atoms with Gasteiger partial charge < -0.3 is 16.4 Å². The molecule has 0 aliphatic carbocycles. The molecule has 1 atom stereocenters. The number of hydrogen-bond acceptors (Lipinski definition) is 3. The maximum atomic E-state index is 11.9. The molecule has 0 spiro atoms. The van der Waals surface area contributed by atoms with Crippen LogP contribution >= 0.6 is 0 Å². The van der Waals surface area contributed by atoms with Gasteiger partial charge in [-0.2, -0.15) is 0 Å². The van der Waals surface area contributed by atoms with Gasteiger partial charge >= 0.3 is 6.03 Å². The summed E-state index contributed by atoms with van der Waals surface area (Å²) >= 11 is 0. The van der Waals surface area contributed by atoms with Crippen LogP contribution in [0.15, 0.2) is 24.3 Å². The number of nitrogens with zero attached hydrogens (tertiary/aromatic N) is 1. The van der Waals surface area contributed by atoms with Gasteiger partial charge in [-0.05, 0) is 24.6 Å². The van der Waals surface area contributed by atoms with Gasteiger partial charge in [0.1, 0.15) is 0 Å². The lowest BCUT2D eigenvalue weighted by molar-refractivity contribution is -0.116. The SMILES string of the molecule is CCCC(N)CC(=O)Nc1cccc(N2CCNC2=O)c1. The molecule has 1 aromatic rings. The van der Waals surface area contributed by atoms with Crippen LogP contribution in [-0.4, -0.2) is 31.1 Å². The first-order valence-electron chi connectivity index (χ1n) is 7.31. The van der Waals surface area contributed by atoms with E-state index in [9.17, 15) is 9.59 Å². The van der Waals surface area contributed by atoms with Gasteiger partial charge in [0.2, 0.25) is 5.91 Å². The molecule has 6 nitrogen and oxygen atoms in total. The van der Waals surface area contributed by atoms with Gasteiger partial charge in [-0.15, -0.1) is 0 Å². The second-order valence-corrected chi connectivity index (χ2v) is 5.23. The molecule has 0 radical (unpaired) electrons. The van der Waals surface area contributed by atoms with Crippen LogP contribution in [0.3, 0.4) is 0 Å². The monoisotopic (exact) mass is 290 g/mol. The second-order valence-electron chi connectivity index (χ2n) is 5.23. The highest BCUT2D eigenvalue weighted by Gasteiger charge is 2.21. The fraction of sp³-hybridized carbons (Fsp3) is 0.467. The average Bonchev–Trinajstić information content (AvgIpc) is 2.85. The third kappa shape index (κ3) is 4.19. The molecule has 114 valence electrons. The highest BCUT2D eigenvalue weighted by molar-refractivity contribution is 5.96. The zero-order chi connectivity index (χ0) is 15.2. The van der Waals surface area contributed by atoms with Crippen molar-refractivity contribution in [2.75, 3.05) is 23.3 Å². The molecule has 0 bridgehead atoms. The number of nitrogens with one attached hydrogen (secondary N) is 2. The number of carbonyl (C=O) groups excluding carboxylic acids is 2. The number of rotatable bonds is 6. The normalized spacial score (nSPS) is 15.7. The third-order valence-corrected chi connectivity index (χ3v) is 3.41. The summed E-state index contributed by atoms with van der Waals surface area (Å²) < 4.78 is 0. The van der Waals surface area contributed by atoms with E-state index in [2.05, 4.69) is 10.6 Å². The van der Waals surface area contributed by atoms with Crippen molar-refractivity contribution < 1.29 is 9.59 Å². The third-order valence-electron chi connectivity index (χ3n) is 3.41. The molecule has 1 aliphatic heterocycles. The number of anilines is 2. The van der Waals surface area contributed by atoms with Crippen molar-refractivity contribution in [2.24, 2.45) is 5.73 Å². The highest BCUT2D eigenvalue weighted by atomic mass is 16.2. The van der Waals surface area contributed by atoms with Gasteiger partial charge in [0.05, 0.1) is 0 Å². The Kier molecular flexibility index (Phi) is 5.16. The Hall–Kier alpha value is -2.08. The van der Waals surface area contributed by atoms with Gasteiger partial charge in [-0.3, -0.25) is 9.69 Å². The molecule has 4 N–H and O–H groups in total. The Balaban J connectivity index is 1.97. The van der Waals surface area contributed by atoms with Gasteiger partial charge in [-0.25, -0.2) is 4.79 Å². The van der Waals surface area contributed by atoms with E-state index in [1.54, 1.807) is 17.0 Å². The first-order chi connectivity index (χ1) is 10.1. The summed E-state index contributed by atoms with van der Waals surface area (Å²) in [5.41, 5.74) is 7.32. The summed E-state index contributed by atoms with van der Waals surface area (Å²) in [6, 6.07) is 7.06. The molecule has 1 heterocycles. The van der Waals surface area contributed by atoms with Crippen molar-refractivity contribution in [1.29, 1.82) is 0 Å². The van der Waals surface area contributed by atoms with Crippen molar-refractivity contribution in [3.05, 3.63) is 24.3 Å². The summed E-state index contributed by atoms with van der Waals surface area (Å²) in [6.07, 6.45) is 2.11. The molecule has 0 aromatic heterocycles. The van der Waals surface area contributed by atoms with E-state index in [4.69, 9.17) is 5.73 Å². The van der Waals surface area contributed by atoms with E-state index in [1.165, 1.54) is 0 Å². The lowest BCUT2D eigenvalue weighted by atomic mass is 10.1. The van der Waals surface area contributed by atoms with E-state index in [-0.39, 0.29) is 18.0 Å². The Morgan fingerprint density at radius 2 is 2.33 bits per heavy atom. The number of nitrogens with two attached hydrogens (primary N) is 1. The molecule has 6 heteroatoms. The smallest absolute Gasteiger partial charge is 0.321 e. The van der Waals surface area contributed by atoms with E-state index in [0.717, 1.165) is 18.5 Å². The lowest BCUT2D eigenvalue weighted by Crippen LogP contribution is -2.28. The van der Waals surface area contributed by atoms with Crippen LogP contribution in [-0.2, 0) is 4.79 Å². The summed E-state index contributed by atoms with van der Waals surface area (Å²) in [4.78, 5) is 25.2. The minimum Gasteiger partial charge on any atom is -0.336 e. The number of carbonyl (C=O) groups is 2. The Labute approximate surface area is 124 Å². The topological polar surface area (TPSA) is 87.5 Å². The zero-order valence-electron chi connectivity index (χ0n) is 12.3. The number of benzene rings is 1. The average molecular weight is 290 g/mol. The molecule has 1 unspecified atom stereocenters. The molecule has 1 aliphatic rings. The molecule has 1 aromatic carbocycles. The summed E-state index contributed by atoms with van der Waals surface area (Å²) in [7, 11) is 0. The number of urea groups is 1. The molecule has 1 saturated heterocycles. The van der Waals surface area contributed by atoms with Crippen LogP contribution in [0.4, 0.5) is 16.2 Å². The van der Waals surface area contributed by atoms with Gasteiger partial charge in [0.25, 0.3) is 0 Å². The first kappa shape index (κ1) is 15.3. The van der Waals surface area contributed by atoms with Crippen LogP contribution in [0.25, 0.3) is 0 Å². The van der Waals surface area contributed by atoms with Crippen molar-refractivity contribution >= 4 is 23.3 Å². The predicted molar refractivity (Wildman–Crippen MR) is 83.3 cm³/mol. The minimum absolute atomic E-state index is 0.0982.